The Morgan fingerprint density at radius 2 is 1.80 bits per heavy atom. The summed E-state index contributed by atoms with van der Waals surface area (Å²) in [6.45, 7) is 2.04. The molecule has 0 unspecified atom stereocenters. The van der Waals surface area contributed by atoms with E-state index in [1.165, 1.54) is 17.7 Å². The lowest BCUT2D eigenvalue weighted by Crippen LogP contribution is -1.93. The minimum absolute atomic E-state index is 0.00512. The number of phenolic OH excluding ortho intramolecular Hbond substituents is 2. The van der Waals surface area contributed by atoms with Crippen LogP contribution in [0.4, 0.5) is 0 Å². The van der Waals surface area contributed by atoms with Gasteiger partial charge in [0.05, 0.1) is 11.9 Å². The molecule has 2 heterocycles. The number of rotatable bonds is 3. The molecule has 6 nitrogen and oxygen atoms in total. The van der Waals surface area contributed by atoms with Crippen LogP contribution in [0.15, 0.2) is 61.1 Å². The molecule has 0 spiro atoms. The van der Waals surface area contributed by atoms with Crippen LogP contribution in [0.25, 0.3) is 28.1 Å². The van der Waals surface area contributed by atoms with Crippen LogP contribution >= 0.6 is 0 Å². The lowest BCUT2D eigenvalue weighted by molar-refractivity contribution is 0.452. The molecule has 124 valence electrons. The molecule has 0 bridgehead atoms. The largest absolute Gasteiger partial charge is 0.508 e. The van der Waals surface area contributed by atoms with E-state index in [1.807, 2.05) is 37.4 Å². The molecule has 0 radical (unpaired) electrons. The van der Waals surface area contributed by atoms with Crippen molar-refractivity contribution in [3.05, 3.63) is 66.6 Å². The highest BCUT2D eigenvalue weighted by Crippen LogP contribution is 2.36. The molecule has 0 saturated carbocycles. The van der Waals surface area contributed by atoms with E-state index in [-0.39, 0.29) is 11.5 Å². The van der Waals surface area contributed by atoms with Gasteiger partial charge < -0.3 is 10.2 Å². The van der Waals surface area contributed by atoms with Gasteiger partial charge in [-0.1, -0.05) is 17.7 Å². The van der Waals surface area contributed by atoms with Crippen LogP contribution < -0.4 is 0 Å². The third-order valence-corrected chi connectivity index (χ3v) is 4.07. The average molecular weight is 332 g/mol. The Balaban J connectivity index is 1.75. The van der Waals surface area contributed by atoms with Gasteiger partial charge in [0, 0.05) is 35.2 Å². The van der Waals surface area contributed by atoms with E-state index in [0.29, 0.717) is 11.3 Å². The number of aryl methyl sites for hydroxylation is 1. The zero-order valence-corrected chi connectivity index (χ0v) is 13.5. The van der Waals surface area contributed by atoms with E-state index in [9.17, 15) is 10.2 Å². The molecule has 2 aromatic heterocycles. The maximum Gasteiger partial charge on any atom is 0.128 e. The number of phenols is 2. The van der Waals surface area contributed by atoms with Crippen LogP contribution in [-0.2, 0) is 0 Å². The number of aromatic hydroxyl groups is 2. The first-order valence-corrected chi connectivity index (χ1v) is 7.80. The van der Waals surface area contributed by atoms with Crippen LogP contribution in [-0.4, -0.2) is 30.2 Å². The summed E-state index contributed by atoms with van der Waals surface area (Å²) < 4.78 is 1.79. The number of nitrogens with zero attached hydrogens (tertiary/aromatic N) is 3. The highest BCUT2D eigenvalue weighted by Gasteiger charge is 2.16. The van der Waals surface area contributed by atoms with Gasteiger partial charge in [-0.2, -0.15) is 10.2 Å². The number of hydrogen-bond acceptors (Lipinski definition) is 4. The van der Waals surface area contributed by atoms with Crippen LogP contribution in [0.2, 0.25) is 0 Å². The zero-order chi connectivity index (χ0) is 17.4. The fraction of sp³-hybridized carbons (Fsp3) is 0.0526. The van der Waals surface area contributed by atoms with E-state index in [4.69, 9.17) is 0 Å². The Labute approximate surface area is 144 Å². The second kappa shape index (κ2) is 5.83. The predicted octanol–water partition coefficient (Wildman–Crippen LogP) is 3.65. The van der Waals surface area contributed by atoms with Gasteiger partial charge in [-0.05, 0) is 31.2 Å². The monoisotopic (exact) mass is 332 g/mol. The third-order valence-electron chi connectivity index (χ3n) is 4.07. The van der Waals surface area contributed by atoms with Crippen LogP contribution in [0.5, 0.6) is 11.5 Å². The van der Waals surface area contributed by atoms with Crippen molar-refractivity contribution in [2.24, 2.45) is 0 Å². The van der Waals surface area contributed by atoms with Crippen molar-refractivity contribution >= 4 is 0 Å². The lowest BCUT2D eigenvalue weighted by atomic mass is 10.0. The van der Waals surface area contributed by atoms with Crippen molar-refractivity contribution in [1.29, 1.82) is 0 Å². The fourth-order valence-electron chi connectivity index (χ4n) is 2.74. The van der Waals surface area contributed by atoms with Crippen LogP contribution in [0.3, 0.4) is 0 Å². The molecule has 0 aliphatic carbocycles. The molecule has 0 aliphatic heterocycles. The van der Waals surface area contributed by atoms with Gasteiger partial charge in [-0.25, -0.2) is 4.68 Å². The molecule has 4 rings (SSSR count). The summed E-state index contributed by atoms with van der Waals surface area (Å²) in [4.78, 5) is 0. The molecule has 2 aromatic carbocycles. The van der Waals surface area contributed by atoms with Gasteiger partial charge >= 0.3 is 0 Å². The number of aromatic amines is 1. The van der Waals surface area contributed by atoms with Gasteiger partial charge in [-0.15, -0.1) is 0 Å². The molecule has 25 heavy (non-hydrogen) atoms. The number of hydrogen-bond donors (Lipinski definition) is 3. The highest BCUT2D eigenvalue weighted by atomic mass is 16.3. The first kappa shape index (κ1) is 15.0. The molecule has 0 atom stereocenters. The van der Waals surface area contributed by atoms with Crippen molar-refractivity contribution in [1.82, 2.24) is 20.0 Å². The van der Waals surface area contributed by atoms with E-state index >= 15 is 0 Å². The second-order valence-corrected chi connectivity index (χ2v) is 5.86. The van der Waals surface area contributed by atoms with Crippen molar-refractivity contribution in [2.75, 3.05) is 0 Å². The standard InChI is InChI=1S/C19H16N4O2/c1-12-2-4-14(5-3-12)23-11-13(9-21-23)17-10-20-22-19(17)16-7-6-15(24)8-18(16)25/h2-11,24-25H,1H3,(H,20,22). The van der Waals surface area contributed by atoms with Gasteiger partial charge in [0.2, 0.25) is 0 Å². The van der Waals surface area contributed by atoms with Gasteiger partial charge in [0.25, 0.3) is 0 Å². The minimum Gasteiger partial charge on any atom is -0.508 e. The second-order valence-electron chi connectivity index (χ2n) is 5.86. The quantitative estimate of drug-likeness (QED) is 0.534. The van der Waals surface area contributed by atoms with Crippen LogP contribution in [0.1, 0.15) is 5.56 Å². The molecule has 0 aliphatic rings. The van der Waals surface area contributed by atoms with Crippen molar-refractivity contribution in [3.8, 4) is 39.6 Å². The summed E-state index contributed by atoms with van der Waals surface area (Å²) in [5.41, 5.74) is 4.99. The topological polar surface area (TPSA) is 87.0 Å². The van der Waals surface area contributed by atoms with Gasteiger partial charge in [0.15, 0.2) is 0 Å². The van der Waals surface area contributed by atoms with E-state index in [1.54, 1.807) is 23.1 Å². The molecule has 6 heteroatoms. The van der Waals surface area contributed by atoms with Crippen molar-refractivity contribution < 1.29 is 10.2 Å². The summed E-state index contributed by atoms with van der Waals surface area (Å²) >= 11 is 0. The fourth-order valence-corrected chi connectivity index (χ4v) is 2.74. The number of benzene rings is 2. The highest BCUT2D eigenvalue weighted by molar-refractivity contribution is 5.82. The van der Waals surface area contributed by atoms with E-state index < -0.39 is 0 Å². The minimum atomic E-state index is -0.0284. The summed E-state index contributed by atoms with van der Waals surface area (Å²) in [5, 5.41) is 31.1. The summed E-state index contributed by atoms with van der Waals surface area (Å²) in [5.74, 6) is -0.0233. The molecule has 0 amide bonds. The molecule has 3 N–H and O–H groups in total. The Morgan fingerprint density at radius 1 is 1.00 bits per heavy atom. The maximum atomic E-state index is 10.1. The Hall–Kier alpha value is -3.54. The number of H-pyrrole nitrogens is 1. The van der Waals surface area contributed by atoms with Gasteiger partial charge in [-0.3, -0.25) is 5.10 Å². The molecular weight excluding hydrogens is 316 g/mol. The summed E-state index contributed by atoms with van der Waals surface area (Å²) in [6, 6.07) is 12.5. The van der Waals surface area contributed by atoms with Gasteiger partial charge in [0.1, 0.15) is 17.2 Å². The van der Waals surface area contributed by atoms with Crippen molar-refractivity contribution in [2.45, 2.75) is 6.92 Å². The molecule has 0 saturated heterocycles. The van der Waals surface area contributed by atoms with E-state index in [0.717, 1.165) is 16.8 Å². The average Bonchev–Trinajstić information content (AvgIpc) is 3.24. The SMILES string of the molecule is Cc1ccc(-n2cc(-c3c[nH]nc3-c3ccc(O)cc3O)cn2)cc1. The Bertz CT molecular complexity index is 1030. The molecular formula is C19H16N4O2. The first-order chi connectivity index (χ1) is 12.1. The Kier molecular flexibility index (Phi) is 3.50. The van der Waals surface area contributed by atoms with Crippen molar-refractivity contribution in [3.63, 3.8) is 0 Å². The molecule has 0 fully saturated rings. The Morgan fingerprint density at radius 3 is 2.56 bits per heavy atom. The predicted molar refractivity (Wildman–Crippen MR) is 94.6 cm³/mol. The molecule has 4 aromatic rings. The summed E-state index contributed by atoms with van der Waals surface area (Å²) in [6.07, 6.45) is 5.43. The maximum absolute atomic E-state index is 10.1. The van der Waals surface area contributed by atoms with E-state index in [2.05, 4.69) is 15.3 Å². The third kappa shape index (κ3) is 2.74. The lowest BCUT2D eigenvalue weighted by Gasteiger charge is -2.04. The first-order valence-electron chi connectivity index (χ1n) is 7.80. The normalized spacial score (nSPS) is 10.9. The zero-order valence-electron chi connectivity index (χ0n) is 13.5. The number of aromatic nitrogens is 4. The summed E-state index contributed by atoms with van der Waals surface area (Å²) in [7, 11) is 0. The smallest absolute Gasteiger partial charge is 0.128 e. The van der Waals surface area contributed by atoms with Crippen LogP contribution in [0, 0.1) is 6.92 Å². The number of nitrogens with one attached hydrogen (secondary N) is 1.